The van der Waals surface area contributed by atoms with Crippen molar-refractivity contribution >= 4 is 0 Å². The van der Waals surface area contributed by atoms with Gasteiger partial charge < -0.3 is 14.9 Å². The fourth-order valence-electron chi connectivity index (χ4n) is 10.5. The summed E-state index contributed by atoms with van der Waals surface area (Å²) in [6.07, 6.45) is 21.5. The summed E-state index contributed by atoms with van der Waals surface area (Å²) in [5.74, 6) is 3.18. The molecule has 6 fully saturated rings. The van der Waals surface area contributed by atoms with Gasteiger partial charge in [-0.25, -0.2) is 0 Å². The molecular weight excluding hydrogens is 432 g/mol. The highest BCUT2D eigenvalue weighted by molar-refractivity contribution is 5.23. The Kier molecular flexibility index (Phi) is 6.30. The lowest BCUT2D eigenvalue weighted by Crippen LogP contribution is -2.52. The van der Waals surface area contributed by atoms with Gasteiger partial charge in [0.2, 0.25) is 0 Å². The van der Waals surface area contributed by atoms with Gasteiger partial charge in [0.15, 0.2) is 0 Å². The molecule has 0 aromatic rings. The van der Waals surface area contributed by atoms with E-state index in [2.05, 4.69) is 13.8 Å². The van der Waals surface area contributed by atoms with Crippen LogP contribution >= 0.6 is 0 Å². The predicted molar refractivity (Wildman–Crippen MR) is 141 cm³/mol. The van der Waals surface area contributed by atoms with Gasteiger partial charge in [-0.3, -0.25) is 0 Å². The first-order valence-electron chi connectivity index (χ1n) is 15.4. The summed E-state index contributed by atoms with van der Waals surface area (Å²) in [5, 5.41) is 21.2. The summed E-state index contributed by atoms with van der Waals surface area (Å²) in [4.78, 5) is 0. The molecule has 0 radical (unpaired) electrons. The van der Waals surface area contributed by atoms with Gasteiger partial charge >= 0.3 is 0 Å². The number of epoxide rings is 1. The molecule has 2 N–H and O–H groups in total. The molecular formula is C32H52O3. The normalized spacial score (nSPS) is 52.7. The quantitative estimate of drug-likeness (QED) is 0.324. The minimum Gasteiger partial charge on any atom is -0.393 e. The molecule has 1 heterocycles. The van der Waals surface area contributed by atoms with Crippen molar-refractivity contribution in [2.75, 3.05) is 0 Å². The second kappa shape index (κ2) is 8.84. The topological polar surface area (TPSA) is 53.0 Å². The molecule has 198 valence electrons. The summed E-state index contributed by atoms with van der Waals surface area (Å²) in [6, 6.07) is 0. The van der Waals surface area contributed by atoms with Gasteiger partial charge in [0.1, 0.15) is 0 Å². The van der Waals surface area contributed by atoms with Crippen molar-refractivity contribution in [3.63, 3.8) is 0 Å². The third-order valence-corrected chi connectivity index (χ3v) is 12.6. The summed E-state index contributed by atoms with van der Waals surface area (Å²) in [5.41, 5.74) is 1.81. The first-order valence-corrected chi connectivity index (χ1v) is 15.4. The van der Waals surface area contributed by atoms with Gasteiger partial charge in [-0.2, -0.15) is 0 Å². The van der Waals surface area contributed by atoms with Crippen molar-refractivity contribution in [3.05, 3.63) is 12.2 Å². The molecule has 0 aromatic heterocycles. The lowest BCUT2D eigenvalue weighted by atomic mass is 9.45. The van der Waals surface area contributed by atoms with E-state index < -0.39 is 5.60 Å². The van der Waals surface area contributed by atoms with E-state index in [0.717, 1.165) is 49.9 Å². The Morgan fingerprint density at radius 2 is 1.71 bits per heavy atom. The van der Waals surface area contributed by atoms with Crippen LogP contribution < -0.4 is 0 Å². The molecule has 9 atom stereocenters. The standard InChI is InChI=1S/C32H52O3/c1-22-18-31(16-11-23(19-31)12-17-32(34)14-7-10-25(33)20-32)28-30(3,35-28)15-13-27-26(22)21-29(27,2)24-8-5-4-6-9-24/h23-28,33-34H,1,4-21H2,2-3H3/t23-,25-,26+,27+,28+,29-,30+,31+,32-/m0/s1. The second-order valence-electron chi connectivity index (χ2n) is 14.9. The summed E-state index contributed by atoms with van der Waals surface area (Å²) < 4.78 is 6.64. The lowest BCUT2D eigenvalue weighted by Gasteiger charge is -2.59. The number of hydrogen-bond acceptors (Lipinski definition) is 3. The van der Waals surface area contributed by atoms with Crippen LogP contribution in [0.25, 0.3) is 0 Å². The fourth-order valence-corrected chi connectivity index (χ4v) is 10.5. The van der Waals surface area contributed by atoms with E-state index in [9.17, 15) is 10.2 Å². The number of hydrogen-bond donors (Lipinski definition) is 2. The number of aliphatic hydroxyl groups excluding tert-OH is 1. The van der Waals surface area contributed by atoms with E-state index in [-0.39, 0.29) is 17.1 Å². The number of fused-ring (bicyclic) bond motifs is 3. The third-order valence-electron chi connectivity index (χ3n) is 12.6. The molecule has 6 rings (SSSR count). The van der Waals surface area contributed by atoms with Gasteiger partial charge in [0.05, 0.1) is 23.4 Å². The molecule has 0 aromatic carbocycles. The van der Waals surface area contributed by atoms with Crippen molar-refractivity contribution in [2.45, 2.75) is 153 Å². The highest BCUT2D eigenvalue weighted by Crippen LogP contribution is 2.68. The maximum Gasteiger partial charge on any atom is 0.0930 e. The van der Waals surface area contributed by atoms with Gasteiger partial charge in [-0.05, 0) is 126 Å². The van der Waals surface area contributed by atoms with Crippen LogP contribution in [0, 0.1) is 34.5 Å². The van der Waals surface area contributed by atoms with Gasteiger partial charge in [0.25, 0.3) is 0 Å². The maximum atomic E-state index is 11.1. The van der Waals surface area contributed by atoms with Crippen LogP contribution in [0.2, 0.25) is 0 Å². The zero-order chi connectivity index (χ0) is 24.5. The van der Waals surface area contributed by atoms with E-state index >= 15 is 0 Å². The summed E-state index contributed by atoms with van der Waals surface area (Å²) >= 11 is 0. The number of aliphatic hydroxyl groups is 2. The lowest BCUT2D eigenvalue weighted by molar-refractivity contribution is -0.0810. The zero-order valence-electron chi connectivity index (χ0n) is 22.7. The van der Waals surface area contributed by atoms with Crippen LogP contribution in [0.4, 0.5) is 0 Å². The second-order valence-corrected chi connectivity index (χ2v) is 14.9. The van der Waals surface area contributed by atoms with Crippen LogP contribution in [-0.4, -0.2) is 33.6 Å². The maximum absolute atomic E-state index is 11.1. The highest BCUT2D eigenvalue weighted by atomic mass is 16.6. The zero-order valence-corrected chi connectivity index (χ0v) is 22.7. The first-order chi connectivity index (χ1) is 16.6. The highest BCUT2D eigenvalue weighted by Gasteiger charge is 2.66. The smallest absolute Gasteiger partial charge is 0.0930 e. The van der Waals surface area contributed by atoms with Crippen LogP contribution in [-0.2, 0) is 4.74 Å². The minimum absolute atomic E-state index is 0.0821. The van der Waals surface area contributed by atoms with Gasteiger partial charge in [-0.1, -0.05) is 38.3 Å². The van der Waals surface area contributed by atoms with Crippen molar-refractivity contribution in [1.82, 2.24) is 0 Å². The Bertz CT molecular complexity index is 818. The SMILES string of the molecule is C=C1C[C@@]2(CC[C@@H](CC[C@@]3(O)CCC[C@H](O)C3)C2)[C@@H]2O[C@]2(C)CC[C@@H]2[C@@H]1C[C@@]2(C)C1CCCCC1. The molecule has 6 aliphatic rings. The van der Waals surface area contributed by atoms with Crippen molar-refractivity contribution < 1.29 is 14.9 Å². The van der Waals surface area contributed by atoms with Crippen LogP contribution in [0.3, 0.4) is 0 Å². The summed E-state index contributed by atoms with van der Waals surface area (Å²) in [7, 11) is 0. The Labute approximate surface area is 214 Å². The Morgan fingerprint density at radius 3 is 2.49 bits per heavy atom. The fraction of sp³-hybridized carbons (Fsp3) is 0.938. The van der Waals surface area contributed by atoms with E-state index in [4.69, 9.17) is 11.3 Å². The number of rotatable bonds is 4. The Balaban J connectivity index is 1.14. The molecule has 0 amide bonds. The molecule has 3 nitrogen and oxygen atoms in total. The van der Waals surface area contributed by atoms with Crippen LogP contribution in [0.5, 0.6) is 0 Å². The average Bonchev–Trinajstić information content (AvgIpc) is 3.33. The monoisotopic (exact) mass is 484 g/mol. The number of allylic oxidation sites excluding steroid dienone is 1. The first kappa shape index (κ1) is 24.9. The molecule has 3 heteroatoms. The Hall–Kier alpha value is -0.380. The van der Waals surface area contributed by atoms with Gasteiger partial charge in [-0.15, -0.1) is 0 Å². The van der Waals surface area contributed by atoms with Crippen molar-refractivity contribution in [2.24, 2.45) is 34.5 Å². The minimum atomic E-state index is -0.636. The summed E-state index contributed by atoms with van der Waals surface area (Å²) in [6.45, 7) is 9.84. The molecule has 0 bridgehead atoms. The third kappa shape index (κ3) is 4.38. The molecule has 35 heavy (non-hydrogen) atoms. The Morgan fingerprint density at radius 1 is 0.914 bits per heavy atom. The molecule has 1 saturated heterocycles. The predicted octanol–water partition coefficient (Wildman–Crippen LogP) is 7.34. The molecule has 5 saturated carbocycles. The molecule has 5 aliphatic carbocycles. The van der Waals surface area contributed by atoms with Crippen LogP contribution in [0.1, 0.15) is 129 Å². The number of ether oxygens (including phenoxy) is 1. The largest absolute Gasteiger partial charge is 0.393 e. The van der Waals surface area contributed by atoms with Crippen LogP contribution in [0.15, 0.2) is 12.2 Å². The molecule has 1 aliphatic heterocycles. The van der Waals surface area contributed by atoms with Crippen molar-refractivity contribution in [3.8, 4) is 0 Å². The van der Waals surface area contributed by atoms with Gasteiger partial charge in [0, 0.05) is 11.8 Å². The van der Waals surface area contributed by atoms with E-state index in [1.165, 1.54) is 77.0 Å². The van der Waals surface area contributed by atoms with E-state index in [1.54, 1.807) is 5.57 Å². The van der Waals surface area contributed by atoms with Crippen molar-refractivity contribution in [1.29, 1.82) is 0 Å². The average molecular weight is 485 g/mol. The molecule has 0 unspecified atom stereocenters. The van der Waals surface area contributed by atoms with E-state index in [0.29, 0.717) is 23.9 Å². The van der Waals surface area contributed by atoms with E-state index in [1.807, 2.05) is 0 Å². The molecule has 1 spiro atoms.